The highest BCUT2D eigenvalue weighted by Crippen LogP contribution is 2.27. The van der Waals surface area contributed by atoms with Crippen LogP contribution in [0.15, 0.2) is 40.9 Å². The molecule has 1 amide bonds. The van der Waals surface area contributed by atoms with Crippen LogP contribution in [0.25, 0.3) is 11.0 Å². The summed E-state index contributed by atoms with van der Waals surface area (Å²) in [6.45, 7) is 3.80. The molecule has 1 aromatic carbocycles. The molecule has 3 rings (SSSR count). The van der Waals surface area contributed by atoms with Gasteiger partial charge >= 0.3 is 0 Å². The largest absolute Gasteiger partial charge is 0.460 e. The third kappa shape index (κ3) is 4.14. The number of furan rings is 1. The van der Waals surface area contributed by atoms with Crippen LogP contribution in [0, 0.1) is 0 Å². The number of para-hydroxylation sites is 1. The fourth-order valence-electron chi connectivity index (χ4n) is 2.89. The van der Waals surface area contributed by atoms with E-state index in [2.05, 4.69) is 22.2 Å². The number of benzene rings is 1. The van der Waals surface area contributed by atoms with Crippen molar-refractivity contribution in [2.75, 3.05) is 26.0 Å². The molecular formula is C20H26N4O2. The first-order valence-corrected chi connectivity index (χ1v) is 9.08. The van der Waals surface area contributed by atoms with Gasteiger partial charge in [0.25, 0.3) is 5.91 Å². The molecule has 0 aliphatic heterocycles. The van der Waals surface area contributed by atoms with Crippen molar-refractivity contribution >= 4 is 22.7 Å². The number of amides is 1. The molecule has 0 radical (unpaired) electrons. The van der Waals surface area contributed by atoms with Gasteiger partial charge in [0.1, 0.15) is 11.3 Å². The second-order valence-electron chi connectivity index (χ2n) is 6.72. The molecule has 0 atom stereocenters. The van der Waals surface area contributed by atoms with Crippen molar-refractivity contribution in [3.05, 3.63) is 47.9 Å². The topological polar surface area (TPSA) is 63.3 Å². The monoisotopic (exact) mass is 354 g/mol. The molecule has 3 aromatic rings. The van der Waals surface area contributed by atoms with E-state index < -0.39 is 0 Å². The maximum Gasteiger partial charge on any atom is 0.261 e. The Labute approximate surface area is 153 Å². The number of likely N-dealkylation sites (N-methyl/N-ethyl adjacent to an activating group) is 1. The number of hydrogen-bond donors (Lipinski definition) is 1. The zero-order valence-corrected chi connectivity index (χ0v) is 15.7. The number of fused-ring (bicyclic) bond motifs is 1. The fourth-order valence-corrected chi connectivity index (χ4v) is 2.89. The zero-order chi connectivity index (χ0) is 18.5. The summed E-state index contributed by atoms with van der Waals surface area (Å²) in [6.07, 6.45) is 4.67. The number of hydrogen-bond acceptors (Lipinski definition) is 4. The number of anilines is 1. The van der Waals surface area contributed by atoms with Crippen LogP contribution < -0.4 is 5.32 Å². The quantitative estimate of drug-likeness (QED) is 0.668. The normalized spacial score (nSPS) is 11.4. The van der Waals surface area contributed by atoms with Gasteiger partial charge in [0.2, 0.25) is 0 Å². The molecule has 0 unspecified atom stereocenters. The van der Waals surface area contributed by atoms with Gasteiger partial charge in [0.15, 0.2) is 5.82 Å². The summed E-state index contributed by atoms with van der Waals surface area (Å²) in [5, 5.41) is 8.20. The van der Waals surface area contributed by atoms with Gasteiger partial charge < -0.3 is 14.6 Å². The smallest absolute Gasteiger partial charge is 0.261 e. The van der Waals surface area contributed by atoms with Gasteiger partial charge in [-0.2, -0.15) is 5.10 Å². The van der Waals surface area contributed by atoms with Gasteiger partial charge in [-0.15, -0.1) is 0 Å². The summed E-state index contributed by atoms with van der Waals surface area (Å²) in [6, 6.07) is 9.50. The van der Waals surface area contributed by atoms with Crippen molar-refractivity contribution in [1.82, 2.24) is 14.7 Å². The van der Waals surface area contributed by atoms with Crippen LogP contribution >= 0.6 is 0 Å². The maximum atomic E-state index is 12.9. The van der Waals surface area contributed by atoms with Crippen LogP contribution in [0.3, 0.4) is 0 Å². The van der Waals surface area contributed by atoms with Crippen LogP contribution in [0.2, 0.25) is 0 Å². The molecular weight excluding hydrogens is 328 g/mol. The number of nitrogens with one attached hydrogen (secondary N) is 1. The van der Waals surface area contributed by atoms with Gasteiger partial charge in [-0.25, -0.2) is 0 Å². The number of unbranched alkanes of at least 4 members (excludes halogenated alkanes) is 1. The van der Waals surface area contributed by atoms with E-state index in [0.717, 1.165) is 49.1 Å². The molecule has 0 saturated heterocycles. The minimum atomic E-state index is -0.168. The van der Waals surface area contributed by atoms with Crippen LogP contribution in [0.4, 0.5) is 5.82 Å². The lowest BCUT2D eigenvalue weighted by molar-refractivity contribution is 0.102. The van der Waals surface area contributed by atoms with Crippen molar-refractivity contribution in [2.24, 2.45) is 0 Å². The minimum absolute atomic E-state index is 0.168. The second kappa shape index (κ2) is 8.19. The SMILES string of the molecule is CCCCc1oc2ccccc2c1C(=O)Nc1ccn(CCN(C)C)n1. The maximum absolute atomic E-state index is 12.9. The second-order valence-corrected chi connectivity index (χ2v) is 6.72. The van der Waals surface area contributed by atoms with Crippen molar-refractivity contribution in [2.45, 2.75) is 32.7 Å². The number of nitrogens with zero attached hydrogens (tertiary/aromatic N) is 3. The first-order chi connectivity index (χ1) is 12.6. The standard InChI is InChI=1S/C20H26N4O2/c1-4-5-9-17-19(15-8-6-7-10-16(15)26-17)20(25)21-18-11-12-24(22-18)14-13-23(2)3/h6-8,10-12H,4-5,9,13-14H2,1-3H3,(H,21,22,25). The Balaban J connectivity index is 1.81. The molecule has 2 aromatic heterocycles. The van der Waals surface area contributed by atoms with E-state index in [0.29, 0.717) is 11.4 Å². The highest BCUT2D eigenvalue weighted by molar-refractivity contribution is 6.13. The molecule has 0 aliphatic rings. The van der Waals surface area contributed by atoms with E-state index in [1.54, 1.807) is 0 Å². The number of aromatic nitrogens is 2. The van der Waals surface area contributed by atoms with Gasteiger partial charge in [0.05, 0.1) is 12.1 Å². The van der Waals surface area contributed by atoms with Gasteiger partial charge in [-0.3, -0.25) is 9.48 Å². The van der Waals surface area contributed by atoms with Crippen LogP contribution in [0.1, 0.15) is 35.9 Å². The summed E-state index contributed by atoms with van der Waals surface area (Å²) < 4.78 is 7.77. The highest BCUT2D eigenvalue weighted by Gasteiger charge is 2.21. The Morgan fingerprint density at radius 3 is 2.85 bits per heavy atom. The molecule has 138 valence electrons. The molecule has 0 spiro atoms. The summed E-state index contributed by atoms with van der Waals surface area (Å²) in [5.74, 6) is 1.14. The van der Waals surface area contributed by atoms with E-state index in [-0.39, 0.29) is 5.91 Å². The van der Waals surface area contributed by atoms with E-state index in [4.69, 9.17) is 4.42 Å². The van der Waals surface area contributed by atoms with Gasteiger partial charge in [0, 0.05) is 30.6 Å². The highest BCUT2D eigenvalue weighted by atomic mass is 16.3. The minimum Gasteiger partial charge on any atom is -0.460 e. The van der Waals surface area contributed by atoms with Gasteiger partial charge in [-0.05, 0) is 26.6 Å². The number of rotatable bonds is 8. The Morgan fingerprint density at radius 1 is 1.27 bits per heavy atom. The lowest BCUT2D eigenvalue weighted by atomic mass is 10.1. The molecule has 1 N–H and O–H groups in total. The Bertz CT molecular complexity index is 879. The van der Waals surface area contributed by atoms with Crippen molar-refractivity contribution < 1.29 is 9.21 Å². The summed E-state index contributed by atoms with van der Waals surface area (Å²) in [7, 11) is 4.04. The molecule has 26 heavy (non-hydrogen) atoms. The molecule has 0 saturated carbocycles. The van der Waals surface area contributed by atoms with Crippen molar-refractivity contribution in [3.8, 4) is 0 Å². The first kappa shape index (κ1) is 18.2. The van der Waals surface area contributed by atoms with Crippen molar-refractivity contribution in [3.63, 3.8) is 0 Å². The first-order valence-electron chi connectivity index (χ1n) is 9.08. The lowest BCUT2D eigenvalue weighted by Crippen LogP contribution is -2.19. The Hall–Kier alpha value is -2.60. The molecule has 2 heterocycles. The van der Waals surface area contributed by atoms with E-state index >= 15 is 0 Å². The van der Waals surface area contributed by atoms with Gasteiger partial charge in [-0.1, -0.05) is 31.5 Å². The van der Waals surface area contributed by atoms with E-state index in [9.17, 15) is 4.79 Å². The predicted molar refractivity (Wildman–Crippen MR) is 104 cm³/mol. The van der Waals surface area contributed by atoms with E-state index in [1.807, 2.05) is 55.3 Å². The van der Waals surface area contributed by atoms with Crippen LogP contribution in [-0.2, 0) is 13.0 Å². The zero-order valence-electron chi connectivity index (χ0n) is 15.7. The molecule has 6 nitrogen and oxygen atoms in total. The third-order valence-electron chi connectivity index (χ3n) is 4.31. The fraction of sp³-hybridized carbons (Fsp3) is 0.400. The Morgan fingerprint density at radius 2 is 2.08 bits per heavy atom. The molecule has 0 bridgehead atoms. The number of carbonyl (C=O) groups excluding carboxylic acids is 1. The number of aryl methyl sites for hydroxylation is 1. The van der Waals surface area contributed by atoms with E-state index in [1.165, 1.54) is 0 Å². The van der Waals surface area contributed by atoms with Crippen LogP contribution in [-0.4, -0.2) is 41.2 Å². The summed E-state index contributed by atoms with van der Waals surface area (Å²) >= 11 is 0. The summed E-state index contributed by atoms with van der Waals surface area (Å²) in [5.41, 5.74) is 1.37. The molecule has 0 aliphatic carbocycles. The third-order valence-corrected chi connectivity index (χ3v) is 4.31. The molecule has 6 heteroatoms. The average Bonchev–Trinajstić information content (AvgIpc) is 3.21. The summed E-state index contributed by atoms with van der Waals surface area (Å²) in [4.78, 5) is 15.0. The molecule has 0 fully saturated rings. The van der Waals surface area contributed by atoms with Crippen LogP contribution in [0.5, 0.6) is 0 Å². The Kier molecular flexibility index (Phi) is 5.73. The predicted octanol–water partition coefficient (Wildman–Crippen LogP) is 3.79. The average molecular weight is 354 g/mol. The number of carbonyl (C=O) groups is 1. The van der Waals surface area contributed by atoms with Crippen molar-refractivity contribution in [1.29, 1.82) is 0 Å². The lowest BCUT2D eigenvalue weighted by Gasteiger charge is -2.08.